The van der Waals surface area contributed by atoms with Crippen molar-refractivity contribution in [3.05, 3.63) is 70.9 Å². The van der Waals surface area contributed by atoms with E-state index in [1.165, 1.54) is 0 Å². The Labute approximate surface area is 179 Å². The van der Waals surface area contributed by atoms with Crippen molar-refractivity contribution in [2.75, 3.05) is 12.4 Å². The number of rotatable bonds is 5. The van der Waals surface area contributed by atoms with Crippen LogP contribution < -0.4 is 10.1 Å². The van der Waals surface area contributed by atoms with Crippen LogP contribution in [-0.2, 0) is 0 Å². The molecule has 4 aromatic rings. The number of aromatic nitrogens is 4. The first-order valence-corrected chi connectivity index (χ1v) is 9.79. The second-order valence-electron chi connectivity index (χ2n) is 7.37. The molecule has 0 aliphatic carbocycles. The van der Waals surface area contributed by atoms with E-state index < -0.39 is 0 Å². The maximum absolute atomic E-state index is 13.0. The van der Waals surface area contributed by atoms with Gasteiger partial charge in [0, 0.05) is 18.7 Å². The Bertz CT molecular complexity index is 1270. The van der Waals surface area contributed by atoms with Gasteiger partial charge in [-0.3, -0.25) is 4.79 Å². The molecule has 2 heterocycles. The minimum absolute atomic E-state index is 0.254. The average molecular weight is 417 g/mol. The highest BCUT2D eigenvalue weighted by molar-refractivity contribution is 6.05. The number of benzene rings is 2. The van der Waals surface area contributed by atoms with Crippen molar-refractivity contribution >= 4 is 11.6 Å². The fourth-order valence-corrected chi connectivity index (χ4v) is 3.33. The molecule has 8 heteroatoms. The molecule has 0 saturated heterocycles. The number of carbonyl (C=O) groups is 1. The third-order valence-electron chi connectivity index (χ3n) is 4.99. The Hall–Kier alpha value is -3.94. The van der Waals surface area contributed by atoms with Crippen LogP contribution >= 0.6 is 0 Å². The van der Waals surface area contributed by atoms with Crippen LogP contribution in [0.1, 0.15) is 33.1 Å². The summed E-state index contributed by atoms with van der Waals surface area (Å²) < 4.78 is 12.1. The van der Waals surface area contributed by atoms with Gasteiger partial charge in [-0.1, -0.05) is 23.4 Å². The minimum Gasteiger partial charge on any atom is -0.495 e. The second-order valence-corrected chi connectivity index (χ2v) is 7.37. The fourth-order valence-electron chi connectivity index (χ4n) is 3.33. The van der Waals surface area contributed by atoms with E-state index in [0.29, 0.717) is 34.4 Å². The monoisotopic (exact) mass is 417 g/mol. The molecule has 1 amide bonds. The molecule has 1 N–H and O–H groups in total. The molecule has 31 heavy (non-hydrogen) atoms. The first-order chi connectivity index (χ1) is 14.9. The van der Waals surface area contributed by atoms with E-state index in [1.54, 1.807) is 31.8 Å². The van der Waals surface area contributed by atoms with Gasteiger partial charge in [-0.2, -0.15) is 10.1 Å². The van der Waals surface area contributed by atoms with Gasteiger partial charge in [0.25, 0.3) is 5.91 Å². The van der Waals surface area contributed by atoms with Crippen LogP contribution in [0.3, 0.4) is 0 Å². The highest BCUT2D eigenvalue weighted by Gasteiger charge is 2.18. The van der Waals surface area contributed by atoms with Crippen LogP contribution in [0.4, 0.5) is 5.69 Å². The summed E-state index contributed by atoms with van der Waals surface area (Å²) in [6, 6.07) is 11.4. The van der Waals surface area contributed by atoms with Crippen LogP contribution in [0.5, 0.6) is 5.75 Å². The molecular weight excluding hydrogens is 394 g/mol. The van der Waals surface area contributed by atoms with Crippen molar-refractivity contribution in [3.63, 3.8) is 0 Å². The third-order valence-corrected chi connectivity index (χ3v) is 4.99. The van der Waals surface area contributed by atoms with Gasteiger partial charge >= 0.3 is 0 Å². The highest BCUT2D eigenvalue weighted by atomic mass is 16.5. The predicted molar refractivity (Wildman–Crippen MR) is 117 cm³/mol. The van der Waals surface area contributed by atoms with Crippen molar-refractivity contribution in [3.8, 4) is 22.8 Å². The lowest BCUT2D eigenvalue weighted by Crippen LogP contribution is -2.13. The Morgan fingerprint density at radius 3 is 2.61 bits per heavy atom. The zero-order valence-electron chi connectivity index (χ0n) is 18.1. The Kier molecular flexibility index (Phi) is 5.29. The van der Waals surface area contributed by atoms with Crippen LogP contribution in [0, 0.1) is 27.7 Å². The summed E-state index contributed by atoms with van der Waals surface area (Å²) in [4.78, 5) is 17.3. The zero-order valence-corrected chi connectivity index (χ0v) is 18.1. The average Bonchev–Trinajstić information content (AvgIpc) is 3.34. The molecule has 0 fully saturated rings. The Morgan fingerprint density at radius 1 is 1.10 bits per heavy atom. The van der Waals surface area contributed by atoms with E-state index in [0.717, 1.165) is 22.4 Å². The lowest BCUT2D eigenvalue weighted by atomic mass is 10.1. The van der Waals surface area contributed by atoms with Gasteiger partial charge in [0.05, 0.1) is 29.7 Å². The smallest absolute Gasteiger partial charge is 0.259 e. The summed E-state index contributed by atoms with van der Waals surface area (Å²) in [6.45, 7) is 7.49. The standard InChI is InChI=1S/C23H23N5O3/c1-13-6-9-21(30-5)19(10-13)25-23(29)18-12-28(26-15(18)3)20-11-17(8-7-14(20)2)22-24-16(4)31-27-22/h6-12H,1-5H3,(H,25,29). The Balaban J connectivity index is 1.67. The lowest BCUT2D eigenvalue weighted by Gasteiger charge is -2.10. The van der Waals surface area contributed by atoms with Crippen molar-refractivity contribution in [2.24, 2.45) is 0 Å². The summed E-state index contributed by atoms with van der Waals surface area (Å²) in [7, 11) is 1.57. The van der Waals surface area contributed by atoms with Gasteiger partial charge < -0.3 is 14.6 Å². The van der Waals surface area contributed by atoms with Crippen molar-refractivity contribution < 1.29 is 14.1 Å². The molecule has 0 aliphatic rings. The summed E-state index contributed by atoms with van der Waals surface area (Å²) in [5.74, 6) is 1.35. The summed E-state index contributed by atoms with van der Waals surface area (Å²) >= 11 is 0. The van der Waals surface area contributed by atoms with E-state index in [-0.39, 0.29) is 5.91 Å². The normalized spacial score (nSPS) is 10.9. The van der Waals surface area contributed by atoms with Gasteiger partial charge in [0.2, 0.25) is 11.7 Å². The summed E-state index contributed by atoms with van der Waals surface area (Å²) in [5.41, 5.74) is 5.36. The van der Waals surface area contributed by atoms with E-state index in [9.17, 15) is 4.79 Å². The highest BCUT2D eigenvalue weighted by Crippen LogP contribution is 2.27. The third kappa shape index (κ3) is 4.05. The maximum atomic E-state index is 13.0. The molecule has 0 saturated carbocycles. The van der Waals surface area contributed by atoms with Crippen LogP contribution in [0.25, 0.3) is 17.1 Å². The SMILES string of the molecule is COc1ccc(C)cc1NC(=O)c1cn(-c2cc(-c3noc(C)n3)ccc2C)nc1C. The van der Waals surface area contributed by atoms with Crippen molar-refractivity contribution in [1.29, 1.82) is 0 Å². The molecule has 2 aromatic heterocycles. The largest absolute Gasteiger partial charge is 0.495 e. The second kappa shape index (κ2) is 8.06. The topological polar surface area (TPSA) is 95.1 Å². The molecule has 8 nitrogen and oxygen atoms in total. The number of anilines is 1. The molecule has 2 aromatic carbocycles. The van der Waals surface area contributed by atoms with E-state index >= 15 is 0 Å². The van der Waals surface area contributed by atoms with Gasteiger partial charge in [0.15, 0.2) is 0 Å². The molecule has 0 spiro atoms. The molecule has 0 radical (unpaired) electrons. The summed E-state index contributed by atoms with van der Waals surface area (Å²) in [6.07, 6.45) is 1.72. The van der Waals surface area contributed by atoms with Gasteiger partial charge in [0.1, 0.15) is 5.75 Å². The number of methoxy groups -OCH3 is 1. The van der Waals surface area contributed by atoms with Crippen LogP contribution in [0.15, 0.2) is 47.1 Å². The zero-order chi connectivity index (χ0) is 22.1. The molecule has 0 aliphatic heterocycles. The molecule has 158 valence electrons. The van der Waals surface area contributed by atoms with Crippen molar-refractivity contribution in [1.82, 2.24) is 19.9 Å². The molecule has 4 rings (SSSR count). The quantitative estimate of drug-likeness (QED) is 0.517. The first kappa shape index (κ1) is 20.3. The van der Waals surface area contributed by atoms with Gasteiger partial charge in [-0.25, -0.2) is 4.68 Å². The molecule has 0 atom stereocenters. The molecule has 0 unspecified atom stereocenters. The predicted octanol–water partition coefficient (Wildman–Crippen LogP) is 4.42. The number of hydrogen-bond donors (Lipinski definition) is 1. The first-order valence-electron chi connectivity index (χ1n) is 9.79. The van der Waals surface area contributed by atoms with Crippen LogP contribution in [0.2, 0.25) is 0 Å². The number of ether oxygens (including phenoxy) is 1. The van der Waals surface area contributed by atoms with E-state index in [1.807, 2.05) is 50.2 Å². The minimum atomic E-state index is -0.254. The van der Waals surface area contributed by atoms with Gasteiger partial charge in [-0.05, 0) is 50.1 Å². The fraction of sp³-hybridized carbons (Fsp3) is 0.217. The number of nitrogens with zero attached hydrogens (tertiary/aromatic N) is 4. The lowest BCUT2D eigenvalue weighted by molar-refractivity contribution is 0.102. The molecule has 0 bridgehead atoms. The number of aryl methyl sites for hydroxylation is 4. The van der Waals surface area contributed by atoms with Crippen LogP contribution in [-0.4, -0.2) is 32.9 Å². The number of hydrogen-bond acceptors (Lipinski definition) is 6. The molecular formula is C23H23N5O3. The number of amides is 1. The maximum Gasteiger partial charge on any atom is 0.259 e. The number of nitrogens with one attached hydrogen (secondary N) is 1. The van der Waals surface area contributed by atoms with E-state index in [4.69, 9.17) is 9.26 Å². The van der Waals surface area contributed by atoms with E-state index in [2.05, 4.69) is 20.6 Å². The van der Waals surface area contributed by atoms with Gasteiger partial charge in [-0.15, -0.1) is 0 Å². The number of carbonyl (C=O) groups excluding carboxylic acids is 1. The Morgan fingerprint density at radius 2 is 1.90 bits per heavy atom. The summed E-state index contributed by atoms with van der Waals surface area (Å²) in [5, 5.41) is 11.5. The van der Waals surface area contributed by atoms with Crippen molar-refractivity contribution in [2.45, 2.75) is 27.7 Å².